The first-order valence-electron chi connectivity index (χ1n) is 6.63. The molecule has 1 heterocycles. The van der Waals surface area contributed by atoms with Crippen LogP contribution in [0.4, 0.5) is 0 Å². The van der Waals surface area contributed by atoms with Gasteiger partial charge in [0.15, 0.2) is 0 Å². The summed E-state index contributed by atoms with van der Waals surface area (Å²) >= 11 is 0. The Morgan fingerprint density at radius 1 is 1.38 bits per heavy atom. The van der Waals surface area contributed by atoms with E-state index in [1.165, 1.54) is 12.3 Å². The SMILES string of the molecule is CCOC(=O)[C@H](C)C[C@H](NC(=O)c1ccccn1)C(N)=O. The molecule has 7 nitrogen and oxygen atoms in total. The summed E-state index contributed by atoms with van der Waals surface area (Å²) in [5.41, 5.74) is 5.43. The molecule has 0 saturated heterocycles. The molecule has 0 aliphatic heterocycles. The first-order chi connectivity index (χ1) is 9.95. The van der Waals surface area contributed by atoms with Gasteiger partial charge in [-0.25, -0.2) is 0 Å². The van der Waals surface area contributed by atoms with E-state index in [1.807, 2.05) is 0 Å². The van der Waals surface area contributed by atoms with Crippen LogP contribution in [0, 0.1) is 5.92 Å². The molecule has 0 fully saturated rings. The van der Waals surface area contributed by atoms with Crippen molar-refractivity contribution >= 4 is 17.8 Å². The highest BCUT2D eigenvalue weighted by atomic mass is 16.5. The lowest BCUT2D eigenvalue weighted by Crippen LogP contribution is -2.46. The molecule has 114 valence electrons. The summed E-state index contributed by atoms with van der Waals surface area (Å²) in [6, 6.07) is 3.88. The quantitative estimate of drug-likeness (QED) is 0.700. The Morgan fingerprint density at radius 3 is 2.62 bits per heavy atom. The van der Waals surface area contributed by atoms with E-state index in [0.717, 1.165) is 0 Å². The molecule has 0 aliphatic rings. The van der Waals surface area contributed by atoms with Crippen LogP contribution in [0.25, 0.3) is 0 Å². The number of rotatable bonds is 7. The van der Waals surface area contributed by atoms with Crippen LogP contribution in [-0.2, 0) is 14.3 Å². The highest BCUT2D eigenvalue weighted by Crippen LogP contribution is 2.09. The van der Waals surface area contributed by atoms with E-state index < -0.39 is 29.7 Å². The summed E-state index contributed by atoms with van der Waals surface area (Å²) in [7, 11) is 0. The zero-order valence-corrected chi connectivity index (χ0v) is 12.0. The van der Waals surface area contributed by atoms with Crippen LogP contribution >= 0.6 is 0 Å². The van der Waals surface area contributed by atoms with Crippen LogP contribution in [0.15, 0.2) is 24.4 Å². The number of hydrogen-bond donors (Lipinski definition) is 2. The van der Waals surface area contributed by atoms with Crippen LogP contribution in [0.5, 0.6) is 0 Å². The van der Waals surface area contributed by atoms with Crippen molar-refractivity contribution < 1.29 is 19.1 Å². The first kappa shape index (κ1) is 16.6. The summed E-state index contributed by atoms with van der Waals surface area (Å²) in [6.07, 6.45) is 1.54. The number of ether oxygens (including phenoxy) is 1. The van der Waals surface area contributed by atoms with Gasteiger partial charge in [0.1, 0.15) is 11.7 Å². The fraction of sp³-hybridized carbons (Fsp3) is 0.429. The predicted molar refractivity (Wildman–Crippen MR) is 75.1 cm³/mol. The highest BCUT2D eigenvalue weighted by Gasteiger charge is 2.25. The maximum Gasteiger partial charge on any atom is 0.308 e. The molecule has 1 rings (SSSR count). The summed E-state index contributed by atoms with van der Waals surface area (Å²) in [5, 5.41) is 2.48. The van der Waals surface area contributed by atoms with Gasteiger partial charge in [0.2, 0.25) is 5.91 Å². The molecule has 0 saturated carbocycles. The molecule has 0 spiro atoms. The van der Waals surface area contributed by atoms with E-state index in [-0.39, 0.29) is 18.7 Å². The van der Waals surface area contributed by atoms with E-state index in [1.54, 1.807) is 26.0 Å². The summed E-state index contributed by atoms with van der Waals surface area (Å²) in [6.45, 7) is 3.56. The Labute approximate surface area is 122 Å². The lowest BCUT2D eigenvalue weighted by molar-refractivity contribution is -0.147. The van der Waals surface area contributed by atoms with Gasteiger partial charge in [0.05, 0.1) is 12.5 Å². The van der Waals surface area contributed by atoms with Crippen molar-refractivity contribution in [3.8, 4) is 0 Å². The van der Waals surface area contributed by atoms with E-state index in [0.29, 0.717) is 0 Å². The number of nitrogens with two attached hydrogens (primary N) is 1. The van der Waals surface area contributed by atoms with Gasteiger partial charge in [0, 0.05) is 6.20 Å². The van der Waals surface area contributed by atoms with Crippen molar-refractivity contribution in [1.29, 1.82) is 0 Å². The average molecular weight is 293 g/mol. The van der Waals surface area contributed by atoms with Crippen molar-refractivity contribution in [2.75, 3.05) is 6.61 Å². The van der Waals surface area contributed by atoms with Gasteiger partial charge in [-0.2, -0.15) is 0 Å². The minimum Gasteiger partial charge on any atom is -0.466 e. The molecule has 7 heteroatoms. The third-order valence-corrected chi connectivity index (χ3v) is 2.82. The lowest BCUT2D eigenvalue weighted by Gasteiger charge is -2.18. The lowest BCUT2D eigenvalue weighted by atomic mass is 10.0. The van der Waals surface area contributed by atoms with Crippen molar-refractivity contribution in [2.45, 2.75) is 26.3 Å². The van der Waals surface area contributed by atoms with Gasteiger partial charge in [-0.1, -0.05) is 13.0 Å². The van der Waals surface area contributed by atoms with Crippen molar-refractivity contribution in [3.63, 3.8) is 0 Å². The molecule has 0 bridgehead atoms. The smallest absolute Gasteiger partial charge is 0.308 e. The fourth-order valence-corrected chi connectivity index (χ4v) is 1.71. The van der Waals surface area contributed by atoms with E-state index >= 15 is 0 Å². The molecule has 1 aromatic rings. The average Bonchev–Trinajstić information content (AvgIpc) is 2.47. The molecule has 21 heavy (non-hydrogen) atoms. The van der Waals surface area contributed by atoms with Crippen molar-refractivity contribution in [2.24, 2.45) is 11.7 Å². The summed E-state index contributed by atoms with van der Waals surface area (Å²) in [4.78, 5) is 38.8. The normalized spacial score (nSPS) is 13.0. The molecule has 2 atom stereocenters. The number of pyridine rings is 1. The number of carbonyl (C=O) groups excluding carboxylic acids is 3. The summed E-state index contributed by atoms with van der Waals surface area (Å²) in [5.74, 6) is -2.21. The molecule has 0 aromatic carbocycles. The predicted octanol–water partition coefficient (Wildman–Crippen LogP) is 0.255. The van der Waals surface area contributed by atoms with Gasteiger partial charge < -0.3 is 15.8 Å². The molecular weight excluding hydrogens is 274 g/mol. The maximum atomic E-state index is 11.9. The van der Waals surface area contributed by atoms with E-state index in [4.69, 9.17) is 10.5 Å². The topological polar surface area (TPSA) is 111 Å². The van der Waals surface area contributed by atoms with Crippen LogP contribution in [-0.4, -0.2) is 35.4 Å². The highest BCUT2D eigenvalue weighted by molar-refractivity contribution is 5.95. The number of esters is 1. The number of carbonyl (C=O) groups is 3. The van der Waals surface area contributed by atoms with Gasteiger partial charge in [-0.3, -0.25) is 19.4 Å². The monoisotopic (exact) mass is 293 g/mol. The second-order valence-corrected chi connectivity index (χ2v) is 4.53. The number of nitrogens with zero attached hydrogens (tertiary/aromatic N) is 1. The van der Waals surface area contributed by atoms with Gasteiger partial charge >= 0.3 is 5.97 Å². The maximum absolute atomic E-state index is 11.9. The fourth-order valence-electron chi connectivity index (χ4n) is 1.71. The Balaban J connectivity index is 2.68. The summed E-state index contributed by atoms with van der Waals surface area (Å²) < 4.78 is 4.86. The number of nitrogens with one attached hydrogen (secondary N) is 1. The minimum atomic E-state index is -0.959. The second-order valence-electron chi connectivity index (χ2n) is 4.53. The largest absolute Gasteiger partial charge is 0.466 e. The Morgan fingerprint density at radius 2 is 2.10 bits per heavy atom. The third-order valence-electron chi connectivity index (χ3n) is 2.82. The molecule has 0 radical (unpaired) electrons. The molecule has 3 N–H and O–H groups in total. The zero-order valence-electron chi connectivity index (χ0n) is 12.0. The van der Waals surface area contributed by atoms with Gasteiger partial charge in [-0.15, -0.1) is 0 Å². The minimum absolute atomic E-state index is 0.0761. The third kappa shape index (κ3) is 5.21. The molecule has 0 unspecified atom stereocenters. The van der Waals surface area contributed by atoms with E-state index in [9.17, 15) is 14.4 Å². The van der Waals surface area contributed by atoms with E-state index in [2.05, 4.69) is 10.3 Å². The van der Waals surface area contributed by atoms with Gasteiger partial charge in [0.25, 0.3) is 5.91 Å². The Bertz CT molecular complexity index is 504. The van der Waals surface area contributed by atoms with Crippen LogP contribution in [0.3, 0.4) is 0 Å². The van der Waals surface area contributed by atoms with Gasteiger partial charge in [-0.05, 0) is 25.5 Å². The standard InChI is InChI=1S/C14H19N3O4/c1-3-21-14(20)9(2)8-11(12(15)18)17-13(19)10-6-4-5-7-16-10/h4-7,9,11H,3,8H2,1-2H3,(H2,15,18)(H,17,19)/t9-,11+/m1/s1. The number of aromatic nitrogens is 1. The molecular formula is C14H19N3O4. The van der Waals surface area contributed by atoms with Crippen LogP contribution < -0.4 is 11.1 Å². The number of amides is 2. The van der Waals surface area contributed by atoms with Crippen LogP contribution in [0.2, 0.25) is 0 Å². The second kappa shape index (κ2) is 7.98. The zero-order chi connectivity index (χ0) is 15.8. The molecule has 2 amide bonds. The Hall–Kier alpha value is -2.44. The molecule has 1 aromatic heterocycles. The van der Waals surface area contributed by atoms with Crippen LogP contribution in [0.1, 0.15) is 30.8 Å². The molecule has 0 aliphatic carbocycles. The number of hydrogen-bond acceptors (Lipinski definition) is 5. The van der Waals surface area contributed by atoms with Crippen molar-refractivity contribution in [3.05, 3.63) is 30.1 Å². The Kier molecular flexibility index (Phi) is 6.32. The number of primary amides is 1. The first-order valence-corrected chi connectivity index (χ1v) is 6.63. The van der Waals surface area contributed by atoms with Crippen molar-refractivity contribution in [1.82, 2.24) is 10.3 Å².